The first-order valence-electron chi connectivity index (χ1n) is 9.46. The Kier molecular flexibility index (Phi) is 6.72. The summed E-state index contributed by atoms with van der Waals surface area (Å²) in [4.78, 5) is 14.5. The summed E-state index contributed by atoms with van der Waals surface area (Å²) in [5.74, 6) is 0.0498. The van der Waals surface area contributed by atoms with E-state index in [1.165, 1.54) is 10.6 Å². The Hall–Kier alpha value is -1.56. The molecule has 0 saturated carbocycles. The largest absolute Gasteiger partial charge is 0.343 e. The zero-order chi connectivity index (χ0) is 19.4. The van der Waals surface area contributed by atoms with Gasteiger partial charge in [-0.1, -0.05) is 51.8 Å². The van der Waals surface area contributed by atoms with Gasteiger partial charge in [-0.25, -0.2) is 8.42 Å². The predicted octanol–water partition coefficient (Wildman–Crippen LogP) is 3.54. The van der Waals surface area contributed by atoms with Crippen LogP contribution in [0.15, 0.2) is 24.3 Å². The second kappa shape index (κ2) is 8.42. The summed E-state index contributed by atoms with van der Waals surface area (Å²) in [5, 5.41) is 0. The summed E-state index contributed by atoms with van der Waals surface area (Å²) in [7, 11) is -3.47. The number of carbonyl (C=O) groups excluding carboxylic acids is 1. The van der Waals surface area contributed by atoms with Gasteiger partial charge >= 0.3 is 0 Å². The van der Waals surface area contributed by atoms with E-state index in [0.29, 0.717) is 5.69 Å². The highest BCUT2D eigenvalue weighted by Gasteiger charge is 2.26. The number of sulfonamides is 1. The van der Waals surface area contributed by atoms with Crippen LogP contribution in [0.2, 0.25) is 0 Å². The third-order valence-electron chi connectivity index (χ3n) is 4.87. The van der Waals surface area contributed by atoms with Gasteiger partial charge in [-0.2, -0.15) is 0 Å². The van der Waals surface area contributed by atoms with Gasteiger partial charge in [-0.15, -0.1) is 0 Å². The van der Waals surface area contributed by atoms with Crippen molar-refractivity contribution >= 4 is 21.6 Å². The number of benzene rings is 1. The van der Waals surface area contributed by atoms with Crippen molar-refractivity contribution in [3.05, 3.63) is 29.8 Å². The Morgan fingerprint density at radius 2 is 1.65 bits per heavy atom. The van der Waals surface area contributed by atoms with E-state index < -0.39 is 10.0 Å². The summed E-state index contributed by atoms with van der Waals surface area (Å²) in [6, 6.07) is 7.56. The van der Waals surface area contributed by atoms with E-state index in [-0.39, 0.29) is 24.3 Å². The van der Waals surface area contributed by atoms with Gasteiger partial charge in [0.05, 0.1) is 11.9 Å². The van der Waals surface area contributed by atoms with Gasteiger partial charge in [-0.05, 0) is 29.9 Å². The minimum Gasteiger partial charge on any atom is -0.343 e. The molecule has 1 aromatic carbocycles. The average molecular weight is 381 g/mol. The summed E-state index contributed by atoms with van der Waals surface area (Å²) in [5.41, 5.74) is 1.45. The molecule has 5 nitrogen and oxygen atoms in total. The van der Waals surface area contributed by atoms with Crippen LogP contribution in [0, 0.1) is 0 Å². The van der Waals surface area contributed by atoms with Gasteiger partial charge < -0.3 is 4.90 Å². The molecule has 0 unspecified atom stereocenters. The lowest BCUT2D eigenvalue weighted by atomic mass is 9.86. The highest BCUT2D eigenvalue weighted by atomic mass is 32.2. The molecule has 6 heteroatoms. The van der Waals surface area contributed by atoms with Gasteiger partial charge in [0.25, 0.3) is 0 Å². The summed E-state index contributed by atoms with van der Waals surface area (Å²) in [6.45, 7) is 7.95. The summed E-state index contributed by atoms with van der Waals surface area (Å²) >= 11 is 0. The Morgan fingerprint density at radius 3 is 2.19 bits per heavy atom. The molecule has 1 aliphatic rings. The zero-order valence-electron chi connectivity index (χ0n) is 16.5. The van der Waals surface area contributed by atoms with E-state index in [2.05, 4.69) is 20.8 Å². The van der Waals surface area contributed by atoms with Gasteiger partial charge in [-0.3, -0.25) is 9.10 Å². The SMILES string of the molecule is CC(C)(C)c1ccccc1N(CCC(=O)N1CCCCCC1)S(C)(=O)=O. The number of rotatable bonds is 5. The van der Waals surface area contributed by atoms with Crippen molar-refractivity contribution in [1.29, 1.82) is 0 Å². The van der Waals surface area contributed by atoms with Crippen molar-refractivity contribution in [3.63, 3.8) is 0 Å². The normalized spacial score (nSPS) is 16.2. The van der Waals surface area contributed by atoms with Crippen molar-refractivity contribution in [2.24, 2.45) is 0 Å². The van der Waals surface area contributed by atoms with Gasteiger partial charge in [0, 0.05) is 26.1 Å². The molecule has 0 aliphatic carbocycles. The van der Waals surface area contributed by atoms with Crippen LogP contribution < -0.4 is 4.31 Å². The minimum absolute atomic E-state index is 0.0498. The lowest BCUT2D eigenvalue weighted by Gasteiger charge is -2.30. The van der Waals surface area contributed by atoms with E-state index in [4.69, 9.17) is 0 Å². The highest BCUT2D eigenvalue weighted by molar-refractivity contribution is 7.92. The van der Waals surface area contributed by atoms with Gasteiger partial charge in [0.15, 0.2) is 0 Å². The molecule has 0 N–H and O–H groups in total. The third kappa shape index (κ3) is 5.47. The van der Waals surface area contributed by atoms with Crippen LogP contribution in [0.25, 0.3) is 0 Å². The molecule has 1 fully saturated rings. The Morgan fingerprint density at radius 1 is 1.08 bits per heavy atom. The number of nitrogens with zero attached hydrogens (tertiary/aromatic N) is 2. The molecule has 1 aromatic rings. The van der Waals surface area contributed by atoms with Gasteiger partial charge in [0.1, 0.15) is 0 Å². The van der Waals surface area contributed by atoms with Gasteiger partial charge in [0.2, 0.25) is 15.9 Å². The maximum atomic E-state index is 12.6. The van der Waals surface area contributed by atoms with Crippen LogP contribution in [0.5, 0.6) is 0 Å². The molecule has 1 heterocycles. The number of carbonyl (C=O) groups is 1. The molecule has 1 saturated heterocycles. The van der Waals surface area contributed by atoms with E-state index in [1.54, 1.807) is 0 Å². The molecule has 0 aromatic heterocycles. The molecule has 0 bridgehead atoms. The maximum absolute atomic E-state index is 12.6. The second-order valence-corrected chi connectivity index (χ2v) is 10.1. The molecule has 0 atom stereocenters. The van der Waals surface area contributed by atoms with Crippen LogP contribution in [0.3, 0.4) is 0 Å². The third-order valence-corrected chi connectivity index (χ3v) is 6.05. The smallest absolute Gasteiger partial charge is 0.232 e. The number of hydrogen-bond acceptors (Lipinski definition) is 3. The number of likely N-dealkylation sites (tertiary alicyclic amines) is 1. The first-order chi connectivity index (χ1) is 12.1. The summed E-state index contributed by atoms with van der Waals surface area (Å²) in [6.07, 6.45) is 5.83. The molecule has 1 amide bonds. The Labute approximate surface area is 158 Å². The highest BCUT2D eigenvalue weighted by Crippen LogP contribution is 2.33. The van der Waals surface area contributed by atoms with Crippen LogP contribution >= 0.6 is 0 Å². The fraction of sp³-hybridized carbons (Fsp3) is 0.650. The fourth-order valence-corrected chi connectivity index (χ4v) is 4.41. The standard InChI is InChI=1S/C20H32N2O3S/c1-20(2,3)17-11-7-8-12-18(17)22(26(4,24)25)16-13-19(23)21-14-9-5-6-10-15-21/h7-8,11-12H,5-6,9-10,13-16H2,1-4H3. The van der Waals surface area contributed by atoms with Crippen molar-refractivity contribution < 1.29 is 13.2 Å². The lowest BCUT2D eigenvalue weighted by molar-refractivity contribution is -0.130. The number of hydrogen-bond donors (Lipinski definition) is 0. The van der Waals surface area contributed by atoms with Crippen molar-refractivity contribution in [3.8, 4) is 0 Å². The molecule has 1 aliphatic heterocycles. The quantitative estimate of drug-likeness (QED) is 0.785. The topological polar surface area (TPSA) is 57.7 Å². The monoisotopic (exact) mass is 380 g/mol. The van der Waals surface area contributed by atoms with E-state index in [9.17, 15) is 13.2 Å². The van der Waals surface area contributed by atoms with Crippen LogP contribution in [-0.4, -0.2) is 45.1 Å². The average Bonchev–Trinajstić information content (AvgIpc) is 2.82. The second-order valence-electron chi connectivity index (χ2n) is 8.15. The molecule has 0 radical (unpaired) electrons. The van der Waals surface area contributed by atoms with Crippen molar-refractivity contribution in [2.45, 2.75) is 58.3 Å². The molecule has 146 valence electrons. The lowest BCUT2D eigenvalue weighted by Crippen LogP contribution is -2.38. The van der Waals surface area contributed by atoms with Crippen molar-refractivity contribution in [1.82, 2.24) is 4.90 Å². The van der Waals surface area contributed by atoms with E-state index >= 15 is 0 Å². The van der Waals surface area contributed by atoms with Crippen LogP contribution in [-0.2, 0) is 20.2 Å². The maximum Gasteiger partial charge on any atom is 0.232 e. The molecule has 0 spiro atoms. The van der Waals surface area contributed by atoms with Crippen LogP contribution in [0.4, 0.5) is 5.69 Å². The molecular formula is C20H32N2O3S. The van der Waals surface area contributed by atoms with Crippen molar-refractivity contribution in [2.75, 3.05) is 30.2 Å². The number of anilines is 1. The first-order valence-corrected chi connectivity index (χ1v) is 11.3. The number of para-hydroxylation sites is 1. The van der Waals surface area contributed by atoms with E-state index in [1.807, 2.05) is 29.2 Å². The Balaban J connectivity index is 2.21. The predicted molar refractivity (Wildman–Crippen MR) is 107 cm³/mol. The Bertz CT molecular complexity index is 715. The summed E-state index contributed by atoms with van der Waals surface area (Å²) < 4.78 is 26.3. The fourth-order valence-electron chi connectivity index (χ4n) is 3.47. The first kappa shape index (κ1) is 20.7. The van der Waals surface area contributed by atoms with Crippen LogP contribution in [0.1, 0.15) is 58.4 Å². The molecular weight excluding hydrogens is 348 g/mol. The zero-order valence-corrected chi connectivity index (χ0v) is 17.3. The van der Waals surface area contributed by atoms with E-state index in [0.717, 1.165) is 44.3 Å². The number of amides is 1. The minimum atomic E-state index is -3.47. The molecule has 2 rings (SSSR count). The molecule has 26 heavy (non-hydrogen) atoms.